The number of rotatable bonds is 18. The summed E-state index contributed by atoms with van der Waals surface area (Å²) in [7, 11) is -8.64. The molecule has 5 rings (SSSR count). The standard InChI is InChI=1S/C46H60N4O10S2/c1-11-33-41(25(3)19-27(5)45(33)61(57,58)49(29(7)21-51)30(8)22-52)47-37-17-18-38(40-39(37)43(55)35-15-13-14-16-36(35)44(40)56)48-42-26(4)20-28(6)46(34(42)12-2)62(59,60)50(31(9)23-53)32(10)24-54/h13-20,29-32,47-48,51-54H,11-12,21-24H2,1-10H3. The van der Waals surface area contributed by atoms with Crippen molar-refractivity contribution in [2.75, 3.05) is 37.1 Å². The van der Waals surface area contributed by atoms with Gasteiger partial charge in [-0.3, -0.25) is 9.59 Å². The van der Waals surface area contributed by atoms with E-state index in [-0.39, 0.29) is 56.3 Å². The Morgan fingerprint density at radius 3 is 1.11 bits per heavy atom. The third-order valence-corrected chi connectivity index (χ3v) is 16.4. The van der Waals surface area contributed by atoms with Gasteiger partial charge in [-0.2, -0.15) is 8.61 Å². The number of aliphatic hydroxyl groups is 4. The molecule has 1 aliphatic carbocycles. The second-order valence-electron chi connectivity index (χ2n) is 16.3. The van der Waals surface area contributed by atoms with Crippen LogP contribution < -0.4 is 10.6 Å². The predicted octanol–water partition coefficient (Wildman–Crippen LogP) is 5.81. The minimum atomic E-state index is -4.32. The van der Waals surface area contributed by atoms with Crippen LogP contribution in [0, 0.1) is 27.7 Å². The van der Waals surface area contributed by atoms with Crippen LogP contribution in [0.1, 0.15) is 107 Å². The Hall–Kier alpha value is -4.52. The summed E-state index contributed by atoms with van der Waals surface area (Å²) < 4.78 is 60.5. The van der Waals surface area contributed by atoms with Crippen LogP contribution in [0.2, 0.25) is 0 Å². The quantitative estimate of drug-likeness (QED) is 0.0615. The van der Waals surface area contributed by atoms with E-state index in [2.05, 4.69) is 10.6 Å². The molecule has 4 aromatic carbocycles. The molecule has 1 aliphatic rings. The monoisotopic (exact) mass is 892 g/mol. The fraction of sp³-hybridized carbons (Fsp3) is 0.435. The van der Waals surface area contributed by atoms with Gasteiger partial charge in [-0.1, -0.05) is 50.2 Å². The minimum Gasteiger partial charge on any atom is -0.395 e. The molecule has 0 aromatic heterocycles. The number of benzene rings is 4. The van der Waals surface area contributed by atoms with Gasteiger partial charge in [-0.15, -0.1) is 0 Å². The van der Waals surface area contributed by atoms with Gasteiger partial charge < -0.3 is 31.1 Å². The van der Waals surface area contributed by atoms with Crippen molar-refractivity contribution in [2.24, 2.45) is 0 Å². The summed E-state index contributed by atoms with van der Waals surface area (Å²) in [6.07, 6.45) is 0.463. The van der Waals surface area contributed by atoms with Gasteiger partial charge in [0, 0.05) is 46.7 Å². The maximum Gasteiger partial charge on any atom is 0.244 e. The average Bonchev–Trinajstić information content (AvgIpc) is 3.23. The van der Waals surface area contributed by atoms with Crippen LogP contribution in [0.15, 0.2) is 58.3 Å². The normalized spacial score (nSPS) is 15.0. The lowest BCUT2D eigenvalue weighted by molar-refractivity contribution is 0.0980. The molecule has 0 radical (unpaired) electrons. The van der Waals surface area contributed by atoms with Crippen LogP contribution in [0.5, 0.6) is 0 Å². The van der Waals surface area contributed by atoms with Crippen LogP contribution in [0.4, 0.5) is 22.7 Å². The number of hydrogen-bond acceptors (Lipinski definition) is 12. The van der Waals surface area contributed by atoms with Crippen LogP contribution in [0.25, 0.3) is 0 Å². The molecule has 6 N–H and O–H groups in total. The van der Waals surface area contributed by atoms with E-state index < -0.39 is 82.2 Å². The van der Waals surface area contributed by atoms with Crippen LogP contribution in [-0.2, 0) is 32.9 Å². The summed E-state index contributed by atoms with van der Waals surface area (Å²) in [6, 6.07) is 9.74. The van der Waals surface area contributed by atoms with E-state index in [4.69, 9.17) is 0 Å². The van der Waals surface area contributed by atoms with E-state index in [1.165, 1.54) is 0 Å². The number of fused-ring (bicyclic) bond motifs is 2. The van der Waals surface area contributed by atoms with Crippen molar-refractivity contribution in [1.29, 1.82) is 0 Å². The van der Waals surface area contributed by atoms with Crippen LogP contribution in [0.3, 0.4) is 0 Å². The van der Waals surface area contributed by atoms with E-state index in [0.29, 0.717) is 44.8 Å². The minimum absolute atomic E-state index is 0.00151. The lowest BCUT2D eigenvalue weighted by Crippen LogP contribution is -2.48. The Balaban J connectivity index is 1.77. The van der Waals surface area contributed by atoms with E-state index in [9.17, 15) is 46.9 Å². The maximum absolute atomic E-state index is 14.7. The molecule has 0 heterocycles. The molecule has 0 aliphatic heterocycles. The zero-order valence-electron chi connectivity index (χ0n) is 37.1. The van der Waals surface area contributed by atoms with Gasteiger partial charge in [0.15, 0.2) is 11.6 Å². The first-order chi connectivity index (χ1) is 29.2. The molecular weight excluding hydrogens is 833 g/mol. The second kappa shape index (κ2) is 19.1. The SMILES string of the molecule is CCc1c(Nc2ccc(Nc3c(C)cc(C)c(S(=O)(=O)N(C(C)CO)C(C)CO)c3CC)c3c2C(=O)c2ccccc2C3=O)c(C)cc(C)c1S(=O)(=O)N(C(C)CO)C(C)CO. The van der Waals surface area contributed by atoms with Crippen molar-refractivity contribution in [1.82, 2.24) is 8.61 Å². The van der Waals surface area contributed by atoms with Gasteiger partial charge in [0.1, 0.15) is 0 Å². The fourth-order valence-electron chi connectivity index (χ4n) is 8.89. The number of anilines is 4. The Labute approximate surface area is 365 Å². The fourth-order valence-corrected chi connectivity index (χ4v) is 13.5. The molecule has 4 aromatic rings. The molecule has 0 bridgehead atoms. The first kappa shape index (κ1) is 48.5. The highest BCUT2D eigenvalue weighted by atomic mass is 32.2. The van der Waals surface area contributed by atoms with Gasteiger partial charge in [0.05, 0.1) is 58.7 Å². The van der Waals surface area contributed by atoms with Crippen molar-refractivity contribution in [3.05, 3.63) is 104 Å². The number of carbonyl (C=O) groups excluding carboxylic acids is 2. The molecule has 62 heavy (non-hydrogen) atoms. The molecule has 336 valence electrons. The molecule has 4 atom stereocenters. The van der Waals surface area contributed by atoms with Crippen LogP contribution in [-0.4, -0.2) is 108 Å². The highest BCUT2D eigenvalue weighted by molar-refractivity contribution is 7.89. The summed E-state index contributed by atoms with van der Waals surface area (Å²) in [6.45, 7) is 14.9. The topological polar surface area (TPSA) is 214 Å². The lowest BCUT2D eigenvalue weighted by atomic mass is 9.82. The Morgan fingerprint density at radius 2 is 0.839 bits per heavy atom. The number of nitrogens with one attached hydrogen (secondary N) is 2. The van der Waals surface area contributed by atoms with Crippen molar-refractivity contribution in [3.8, 4) is 0 Å². The molecule has 0 saturated heterocycles. The number of aliphatic hydroxyl groups excluding tert-OH is 4. The zero-order valence-corrected chi connectivity index (χ0v) is 38.8. The van der Waals surface area contributed by atoms with Crippen LogP contribution >= 0.6 is 0 Å². The summed E-state index contributed by atoms with van der Waals surface area (Å²) >= 11 is 0. The molecule has 0 spiro atoms. The second-order valence-corrected chi connectivity index (χ2v) is 19.8. The number of aryl methyl sites for hydroxylation is 4. The number of sulfonamides is 2. The van der Waals surface area contributed by atoms with Crippen molar-refractivity contribution >= 4 is 54.4 Å². The van der Waals surface area contributed by atoms with Crippen molar-refractivity contribution in [2.45, 2.75) is 116 Å². The van der Waals surface area contributed by atoms with E-state index in [1.54, 1.807) is 104 Å². The smallest absolute Gasteiger partial charge is 0.244 e. The Morgan fingerprint density at radius 1 is 0.532 bits per heavy atom. The summed E-state index contributed by atoms with van der Waals surface area (Å²) in [5.74, 6) is -0.911. The maximum atomic E-state index is 14.7. The molecule has 0 amide bonds. The third kappa shape index (κ3) is 8.46. The van der Waals surface area contributed by atoms with Gasteiger partial charge in [-0.25, -0.2) is 16.8 Å². The molecule has 4 unspecified atom stereocenters. The number of carbonyl (C=O) groups is 2. The first-order valence-electron chi connectivity index (χ1n) is 20.9. The average molecular weight is 893 g/mol. The highest BCUT2D eigenvalue weighted by Crippen LogP contribution is 2.43. The number of hydrogen-bond donors (Lipinski definition) is 6. The summed E-state index contributed by atoms with van der Waals surface area (Å²) in [5, 5.41) is 47.0. The number of ketones is 2. The first-order valence-corrected chi connectivity index (χ1v) is 23.7. The molecule has 0 fully saturated rings. The third-order valence-electron chi connectivity index (χ3n) is 11.7. The Bertz CT molecular complexity index is 2420. The van der Waals surface area contributed by atoms with Crippen molar-refractivity contribution in [3.63, 3.8) is 0 Å². The van der Waals surface area contributed by atoms with Gasteiger partial charge in [0.2, 0.25) is 20.0 Å². The largest absolute Gasteiger partial charge is 0.395 e. The lowest BCUT2D eigenvalue weighted by Gasteiger charge is -2.34. The number of nitrogens with zero attached hydrogens (tertiary/aromatic N) is 2. The molecule has 0 saturated carbocycles. The molecule has 16 heteroatoms. The zero-order chi connectivity index (χ0) is 46.2. The summed E-state index contributed by atoms with van der Waals surface area (Å²) in [4.78, 5) is 29.4. The van der Waals surface area contributed by atoms with Gasteiger partial charge >= 0.3 is 0 Å². The van der Waals surface area contributed by atoms with E-state index in [0.717, 1.165) is 8.61 Å². The van der Waals surface area contributed by atoms with E-state index in [1.807, 2.05) is 13.8 Å². The summed E-state index contributed by atoms with van der Waals surface area (Å²) in [5.41, 5.74) is 4.76. The van der Waals surface area contributed by atoms with Gasteiger partial charge in [-0.05, 0) is 114 Å². The van der Waals surface area contributed by atoms with Gasteiger partial charge in [0.25, 0.3) is 0 Å². The Kier molecular flexibility index (Phi) is 14.9. The van der Waals surface area contributed by atoms with E-state index >= 15 is 0 Å². The molecule has 14 nitrogen and oxygen atoms in total. The highest BCUT2D eigenvalue weighted by Gasteiger charge is 2.39. The van der Waals surface area contributed by atoms with Crippen molar-refractivity contribution < 1.29 is 46.9 Å². The molecular formula is C46H60N4O10S2. The predicted molar refractivity (Wildman–Crippen MR) is 241 cm³/mol.